The molecule has 7 heteroatoms. The Bertz CT molecular complexity index is 933. The number of piperidine rings is 1. The van der Waals surface area contributed by atoms with E-state index in [1.165, 1.54) is 12.8 Å². The van der Waals surface area contributed by atoms with E-state index in [1.807, 2.05) is 31.3 Å². The summed E-state index contributed by atoms with van der Waals surface area (Å²) in [6.45, 7) is 3.71. The summed E-state index contributed by atoms with van der Waals surface area (Å²) < 4.78 is 16.6. The molecule has 1 aromatic carbocycles. The second kappa shape index (κ2) is 8.06. The van der Waals surface area contributed by atoms with Gasteiger partial charge in [-0.2, -0.15) is 5.10 Å². The molecule has 1 aliphatic rings. The van der Waals surface area contributed by atoms with Gasteiger partial charge in [-0.05, 0) is 32.4 Å². The normalized spacial score (nSPS) is 17.6. The lowest BCUT2D eigenvalue weighted by Gasteiger charge is -2.35. The van der Waals surface area contributed by atoms with Gasteiger partial charge in [-0.25, -0.2) is 0 Å². The Hall–Kier alpha value is -2.80. The smallest absolute Gasteiger partial charge is 0.170 e. The van der Waals surface area contributed by atoms with Gasteiger partial charge in [0.2, 0.25) is 0 Å². The van der Waals surface area contributed by atoms with E-state index >= 15 is 0 Å². The first-order valence-electron chi connectivity index (χ1n) is 9.62. The lowest BCUT2D eigenvalue weighted by molar-refractivity contribution is 0.136. The van der Waals surface area contributed by atoms with Crippen LogP contribution < -0.4 is 9.47 Å². The van der Waals surface area contributed by atoms with Crippen molar-refractivity contribution in [1.82, 2.24) is 20.3 Å². The number of H-pyrrole nitrogens is 1. The van der Waals surface area contributed by atoms with Crippen LogP contribution in [0.2, 0.25) is 0 Å². The highest BCUT2D eigenvalue weighted by atomic mass is 16.5. The number of methoxy groups -OCH3 is 2. The van der Waals surface area contributed by atoms with Crippen LogP contribution in [0.15, 0.2) is 35.0 Å². The molecule has 0 bridgehead atoms. The van der Waals surface area contributed by atoms with Crippen molar-refractivity contribution in [2.24, 2.45) is 0 Å². The van der Waals surface area contributed by atoms with Crippen molar-refractivity contribution in [2.75, 3.05) is 20.8 Å². The monoisotopic (exact) mass is 382 g/mol. The van der Waals surface area contributed by atoms with Gasteiger partial charge in [-0.15, -0.1) is 0 Å². The van der Waals surface area contributed by atoms with E-state index in [0.717, 1.165) is 59.3 Å². The molecular formula is C21H26N4O3. The Labute approximate surface area is 164 Å². The van der Waals surface area contributed by atoms with Crippen molar-refractivity contribution in [1.29, 1.82) is 0 Å². The standard InChI is InChI=1S/C21H26N4O3/c1-14-11-19(28-24-14)16-12-22-23-20(16)17-8-4-5-10-25(17)13-15-7-6-9-18(26-2)21(15)27-3/h6-7,9,11-12,17H,4-5,8,10,13H2,1-3H3,(H,22,23)/t17-/m1/s1. The van der Waals surface area contributed by atoms with Crippen LogP contribution in [0, 0.1) is 6.92 Å². The van der Waals surface area contributed by atoms with Crippen LogP contribution in [-0.2, 0) is 6.54 Å². The van der Waals surface area contributed by atoms with E-state index in [-0.39, 0.29) is 6.04 Å². The van der Waals surface area contributed by atoms with Crippen LogP contribution >= 0.6 is 0 Å². The molecule has 1 fully saturated rings. The third kappa shape index (κ3) is 3.49. The molecule has 4 rings (SSSR count). The number of ether oxygens (including phenoxy) is 2. The number of aryl methyl sites for hydroxylation is 1. The van der Waals surface area contributed by atoms with Crippen molar-refractivity contribution in [3.05, 3.63) is 47.4 Å². The van der Waals surface area contributed by atoms with Crippen LogP contribution in [0.4, 0.5) is 0 Å². The fourth-order valence-electron chi connectivity index (χ4n) is 4.04. The molecule has 0 amide bonds. The average molecular weight is 382 g/mol. The summed E-state index contributed by atoms with van der Waals surface area (Å²) in [5.74, 6) is 2.31. The summed E-state index contributed by atoms with van der Waals surface area (Å²) in [4.78, 5) is 2.47. The molecule has 0 saturated carbocycles. The van der Waals surface area contributed by atoms with Gasteiger partial charge in [0.15, 0.2) is 17.3 Å². The highest BCUT2D eigenvalue weighted by Crippen LogP contribution is 2.39. The minimum Gasteiger partial charge on any atom is -0.493 e. The van der Waals surface area contributed by atoms with Gasteiger partial charge in [0.1, 0.15) is 0 Å². The SMILES string of the molecule is COc1cccc(CN2CCCC[C@@H]2c2[nH]ncc2-c2cc(C)no2)c1OC. The van der Waals surface area contributed by atoms with E-state index in [9.17, 15) is 0 Å². The summed E-state index contributed by atoms with van der Waals surface area (Å²) >= 11 is 0. The zero-order chi connectivity index (χ0) is 19.5. The fraction of sp³-hybridized carbons (Fsp3) is 0.429. The first kappa shape index (κ1) is 18.6. The molecule has 7 nitrogen and oxygen atoms in total. The Kier molecular flexibility index (Phi) is 5.34. The average Bonchev–Trinajstić information content (AvgIpc) is 3.37. The summed E-state index contributed by atoms with van der Waals surface area (Å²) in [5.41, 5.74) is 4.04. The zero-order valence-electron chi connectivity index (χ0n) is 16.6. The molecule has 3 heterocycles. The number of aromatic nitrogens is 3. The Morgan fingerprint density at radius 3 is 2.89 bits per heavy atom. The fourth-order valence-corrected chi connectivity index (χ4v) is 4.04. The third-order valence-electron chi connectivity index (χ3n) is 5.37. The van der Waals surface area contributed by atoms with Crippen molar-refractivity contribution < 1.29 is 14.0 Å². The van der Waals surface area contributed by atoms with E-state index in [4.69, 9.17) is 14.0 Å². The van der Waals surface area contributed by atoms with Crippen molar-refractivity contribution >= 4 is 0 Å². The van der Waals surface area contributed by atoms with Gasteiger partial charge in [0, 0.05) is 18.2 Å². The summed E-state index contributed by atoms with van der Waals surface area (Å²) in [6.07, 6.45) is 5.25. The first-order chi connectivity index (χ1) is 13.7. The molecule has 1 saturated heterocycles. The predicted octanol–water partition coefficient (Wildman–Crippen LogP) is 4.12. The molecular weight excluding hydrogens is 356 g/mol. The maximum atomic E-state index is 5.64. The minimum absolute atomic E-state index is 0.229. The molecule has 0 unspecified atom stereocenters. The number of hydrogen-bond donors (Lipinski definition) is 1. The van der Waals surface area contributed by atoms with Crippen molar-refractivity contribution in [3.63, 3.8) is 0 Å². The molecule has 1 N–H and O–H groups in total. The highest BCUT2D eigenvalue weighted by molar-refractivity contribution is 5.60. The highest BCUT2D eigenvalue weighted by Gasteiger charge is 2.29. The summed E-state index contributed by atoms with van der Waals surface area (Å²) in [5, 5.41) is 11.5. The molecule has 1 atom stereocenters. The van der Waals surface area contributed by atoms with E-state index < -0.39 is 0 Å². The van der Waals surface area contributed by atoms with Crippen LogP contribution in [0.25, 0.3) is 11.3 Å². The van der Waals surface area contributed by atoms with Crippen LogP contribution in [0.5, 0.6) is 11.5 Å². The molecule has 28 heavy (non-hydrogen) atoms. The Morgan fingerprint density at radius 1 is 1.25 bits per heavy atom. The number of likely N-dealkylation sites (tertiary alicyclic amines) is 1. The van der Waals surface area contributed by atoms with E-state index in [0.29, 0.717) is 0 Å². The Morgan fingerprint density at radius 2 is 2.14 bits per heavy atom. The summed E-state index contributed by atoms with van der Waals surface area (Å²) in [7, 11) is 3.36. The molecule has 1 aliphatic heterocycles. The Balaban J connectivity index is 1.65. The van der Waals surface area contributed by atoms with Crippen molar-refractivity contribution in [3.8, 4) is 22.8 Å². The van der Waals surface area contributed by atoms with Gasteiger partial charge in [0.25, 0.3) is 0 Å². The van der Waals surface area contributed by atoms with Gasteiger partial charge >= 0.3 is 0 Å². The molecule has 2 aromatic heterocycles. The van der Waals surface area contributed by atoms with E-state index in [2.05, 4.69) is 26.3 Å². The molecule has 148 valence electrons. The number of benzene rings is 1. The zero-order valence-corrected chi connectivity index (χ0v) is 16.6. The third-order valence-corrected chi connectivity index (χ3v) is 5.37. The predicted molar refractivity (Wildman–Crippen MR) is 105 cm³/mol. The van der Waals surface area contributed by atoms with Crippen LogP contribution in [0.1, 0.15) is 42.3 Å². The van der Waals surface area contributed by atoms with Gasteiger partial charge < -0.3 is 14.0 Å². The molecule has 0 spiro atoms. The first-order valence-corrected chi connectivity index (χ1v) is 9.62. The van der Waals surface area contributed by atoms with Gasteiger partial charge in [-0.3, -0.25) is 10.00 Å². The second-order valence-electron chi connectivity index (χ2n) is 7.16. The summed E-state index contributed by atoms with van der Waals surface area (Å²) in [6, 6.07) is 8.21. The molecule has 3 aromatic rings. The molecule has 0 aliphatic carbocycles. The largest absolute Gasteiger partial charge is 0.493 e. The quantitative estimate of drug-likeness (QED) is 0.691. The number of rotatable bonds is 6. The second-order valence-corrected chi connectivity index (χ2v) is 7.16. The topological polar surface area (TPSA) is 76.4 Å². The van der Waals surface area contributed by atoms with Gasteiger partial charge in [0.05, 0.1) is 43.4 Å². The van der Waals surface area contributed by atoms with Gasteiger partial charge in [-0.1, -0.05) is 23.7 Å². The number of hydrogen-bond acceptors (Lipinski definition) is 6. The van der Waals surface area contributed by atoms with Crippen LogP contribution in [0.3, 0.4) is 0 Å². The number of aromatic amines is 1. The van der Waals surface area contributed by atoms with Crippen molar-refractivity contribution in [2.45, 2.75) is 38.8 Å². The maximum absolute atomic E-state index is 5.64. The maximum Gasteiger partial charge on any atom is 0.170 e. The van der Waals surface area contributed by atoms with E-state index in [1.54, 1.807) is 14.2 Å². The minimum atomic E-state index is 0.229. The number of para-hydroxylation sites is 1. The number of nitrogens with zero attached hydrogens (tertiary/aromatic N) is 3. The lowest BCUT2D eigenvalue weighted by Crippen LogP contribution is -2.33. The lowest BCUT2D eigenvalue weighted by atomic mass is 9.95. The van der Waals surface area contributed by atoms with Crippen LogP contribution in [-0.4, -0.2) is 41.0 Å². The molecule has 0 radical (unpaired) electrons. The number of nitrogens with one attached hydrogen (secondary N) is 1.